The molecule has 1 aromatic carbocycles. The van der Waals surface area contributed by atoms with Gasteiger partial charge in [0.2, 0.25) is 0 Å². The first-order valence-corrected chi connectivity index (χ1v) is 10.7. The summed E-state index contributed by atoms with van der Waals surface area (Å²) in [5, 5.41) is 0. The number of likely N-dealkylation sites (N-methyl/N-ethyl adjacent to an activating group) is 1. The Labute approximate surface area is 178 Å². The van der Waals surface area contributed by atoms with Gasteiger partial charge >= 0.3 is 0 Å². The molecular formula is C24H31N3O3. The molecule has 2 fully saturated rings. The number of ether oxygens (including phenoxy) is 1. The van der Waals surface area contributed by atoms with Gasteiger partial charge in [-0.05, 0) is 49.2 Å². The van der Waals surface area contributed by atoms with E-state index in [9.17, 15) is 9.59 Å². The number of fused-ring (bicyclic) bond motifs is 3. The van der Waals surface area contributed by atoms with Crippen LogP contribution in [0.3, 0.4) is 0 Å². The van der Waals surface area contributed by atoms with Crippen molar-refractivity contribution in [1.82, 2.24) is 14.4 Å². The lowest BCUT2D eigenvalue weighted by molar-refractivity contribution is 0.0432. The fourth-order valence-corrected chi connectivity index (χ4v) is 4.50. The number of carbonyl (C=O) groups excluding carboxylic acids is 1. The van der Waals surface area contributed by atoms with Crippen molar-refractivity contribution in [2.45, 2.75) is 32.7 Å². The van der Waals surface area contributed by atoms with Crippen LogP contribution in [0.15, 0.2) is 41.3 Å². The molecule has 160 valence electrons. The number of rotatable bonds is 3. The van der Waals surface area contributed by atoms with E-state index in [4.69, 9.17) is 4.74 Å². The molecule has 0 spiro atoms. The molecule has 30 heavy (non-hydrogen) atoms. The normalized spacial score (nSPS) is 22.2. The molecule has 2 aliphatic heterocycles. The van der Waals surface area contributed by atoms with Gasteiger partial charge in [-0.2, -0.15) is 0 Å². The molecule has 2 bridgehead atoms. The van der Waals surface area contributed by atoms with Gasteiger partial charge in [0.25, 0.3) is 11.5 Å². The molecule has 2 saturated heterocycles. The minimum atomic E-state index is -0.250. The zero-order chi connectivity index (χ0) is 21.4. The van der Waals surface area contributed by atoms with Crippen molar-refractivity contribution in [3.63, 3.8) is 0 Å². The summed E-state index contributed by atoms with van der Waals surface area (Å²) >= 11 is 0. The first-order valence-electron chi connectivity index (χ1n) is 10.7. The molecule has 2 atom stereocenters. The van der Waals surface area contributed by atoms with E-state index >= 15 is 0 Å². The quantitative estimate of drug-likeness (QED) is 0.782. The number of carbonyl (C=O) groups is 1. The van der Waals surface area contributed by atoms with E-state index in [2.05, 4.69) is 31.9 Å². The van der Waals surface area contributed by atoms with Crippen LogP contribution < -0.4 is 5.56 Å². The number of hydrogen-bond acceptors (Lipinski definition) is 4. The van der Waals surface area contributed by atoms with Crippen molar-refractivity contribution in [2.75, 3.05) is 39.9 Å². The van der Waals surface area contributed by atoms with Gasteiger partial charge in [-0.3, -0.25) is 19.1 Å². The Balaban J connectivity index is 1.71. The van der Waals surface area contributed by atoms with E-state index in [1.54, 1.807) is 10.8 Å². The van der Waals surface area contributed by atoms with Crippen LogP contribution in [0.4, 0.5) is 0 Å². The monoisotopic (exact) mass is 409 g/mol. The predicted octanol–water partition coefficient (Wildman–Crippen LogP) is 2.67. The van der Waals surface area contributed by atoms with E-state index in [1.165, 1.54) is 0 Å². The third-order valence-corrected chi connectivity index (χ3v) is 6.36. The number of amides is 1. The van der Waals surface area contributed by atoms with Crippen molar-refractivity contribution in [1.29, 1.82) is 0 Å². The second kappa shape index (κ2) is 8.36. The summed E-state index contributed by atoms with van der Waals surface area (Å²) in [6.07, 6.45) is 1.77. The summed E-state index contributed by atoms with van der Waals surface area (Å²) in [7, 11) is 2.09. The Kier molecular flexibility index (Phi) is 5.80. The topological polar surface area (TPSA) is 54.8 Å². The Hall–Kier alpha value is -2.44. The van der Waals surface area contributed by atoms with Crippen molar-refractivity contribution < 1.29 is 9.53 Å². The van der Waals surface area contributed by atoms with Gasteiger partial charge in [-0.15, -0.1) is 0 Å². The molecule has 0 radical (unpaired) electrons. The van der Waals surface area contributed by atoms with Gasteiger partial charge in [0.05, 0.1) is 19.3 Å². The molecule has 6 heteroatoms. The standard InChI is InChI=1S/C24H31N3O3/c1-16(2)19-6-5-7-20(10-19)27-9-8-17(3)22(24(27)29)23(28)26-12-18-11-25(4)21(13-26)15-30-14-18/h5-10,16,18,21H,11-15H2,1-4H3/t18-,21+/m1/s1. The lowest BCUT2D eigenvalue weighted by Crippen LogP contribution is -2.46. The molecule has 2 aliphatic rings. The molecule has 1 amide bonds. The van der Waals surface area contributed by atoms with Crippen LogP contribution in [0.25, 0.3) is 5.69 Å². The smallest absolute Gasteiger partial charge is 0.268 e. The molecule has 0 aliphatic carbocycles. The van der Waals surface area contributed by atoms with Crippen LogP contribution in [0.1, 0.15) is 41.3 Å². The highest BCUT2D eigenvalue weighted by Gasteiger charge is 2.34. The second-order valence-corrected chi connectivity index (χ2v) is 9.01. The molecule has 2 aromatic rings. The summed E-state index contributed by atoms with van der Waals surface area (Å²) in [5.41, 5.74) is 2.70. The molecule has 3 heterocycles. The van der Waals surface area contributed by atoms with Gasteiger partial charge in [0, 0.05) is 37.4 Å². The minimum Gasteiger partial charge on any atom is -0.379 e. The highest BCUT2D eigenvalue weighted by atomic mass is 16.5. The highest BCUT2D eigenvalue weighted by molar-refractivity contribution is 5.95. The maximum Gasteiger partial charge on any atom is 0.268 e. The number of hydrogen-bond donors (Lipinski definition) is 0. The zero-order valence-electron chi connectivity index (χ0n) is 18.3. The average molecular weight is 410 g/mol. The Morgan fingerprint density at radius 1 is 1.13 bits per heavy atom. The van der Waals surface area contributed by atoms with Gasteiger partial charge in [0.1, 0.15) is 5.56 Å². The van der Waals surface area contributed by atoms with Crippen LogP contribution in [0.5, 0.6) is 0 Å². The fraction of sp³-hybridized carbons (Fsp3) is 0.500. The number of nitrogens with zero attached hydrogens (tertiary/aromatic N) is 3. The predicted molar refractivity (Wildman–Crippen MR) is 117 cm³/mol. The first-order chi connectivity index (χ1) is 14.3. The van der Waals surface area contributed by atoms with Crippen LogP contribution in [0, 0.1) is 12.8 Å². The first kappa shape index (κ1) is 20.8. The summed E-state index contributed by atoms with van der Waals surface area (Å²) < 4.78 is 7.37. The third-order valence-electron chi connectivity index (χ3n) is 6.36. The minimum absolute atomic E-state index is 0.162. The summed E-state index contributed by atoms with van der Waals surface area (Å²) in [5.74, 6) is 0.461. The third kappa shape index (κ3) is 3.94. The second-order valence-electron chi connectivity index (χ2n) is 9.01. The molecular weight excluding hydrogens is 378 g/mol. The Morgan fingerprint density at radius 3 is 2.70 bits per heavy atom. The van der Waals surface area contributed by atoms with Crippen molar-refractivity contribution in [3.05, 3.63) is 63.6 Å². The number of aryl methyl sites for hydroxylation is 1. The maximum absolute atomic E-state index is 13.5. The van der Waals surface area contributed by atoms with Crippen molar-refractivity contribution in [3.8, 4) is 5.69 Å². The summed E-state index contributed by atoms with van der Waals surface area (Å²) in [6.45, 7) is 9.50. The fourth-order valence-electron chi connectivity index (χ4n) is 4.50. The molecule has 0 N–H and O–H groups in total. The van der Waals surface area contributed by atoms with Crippen molar-refractivity contribution in [2.24, 2.45) is 5.92 Å². The van der Waals surface area contributed by atoms with Crippen molar-refractivity contribution >= 4 is 5.91 Å². The molecule has 1 aromatic heterocycles. The van der Waals surface area contributed by atoms with Gasteiger partial charge in [-0.1, -0.05) is 26.0 Å². The summed E-state index contributed by atoms with van der Waals surface area (Å²) in [6, 6.07) is 10.00. The number of pyridine rings is 1. The van der Waals surface area contributed by atoms with Gasteiger partial charge < -0.3 is 9.64 Å². The van der Waals surface area contributed by atoms with Crippen LogP contribution in [-0.4, -0.2) is 66.2 Å². The van der Waals surface area contributed by atoms with E-state index in [1.807, 2.05) is 36.1 Å². The lowest BCUT2D eigenvalue weighted by atomic mass is 10.0. The average Bonchev–Trinajstić information content (AvgIpc) is 2.96. The van der Waals surface area contributed by atoms with E-state index in [0.717, 1.165) is 23.4 Å². The molecule has 6 nitrogen and oxygen atoms in total. The van der Waals surface area contributed by atoms with Gasteiger partial charge in [-0.25, -0.2) is 0 Å². The van der Waals surface area contributed by atoms with E-state index < -0.39 is 0 Å². The SMILES string of the molecule is Cc1ccn(-c2cccc(C(C)C)c2)c(=O)c1C(=O)N1C[C@@H]2COC[C@H](C1)N(C)C2. The Morgan fingerprint density at radius 2 is 1.93 bits per heavy atom. The van der Waals surface area contributed by atoms with Crippen LogP contribution in [0.2, 0.25) is 0 Å². The van der Waals surface area contributed by atoms with E-state index in [-0.39, 0.29) is 29.0 Å². The largest absolute Gasteiger partial charge is 0.379 e. The highest BCUT2D eigenvalue weighted by Crippen LogP contribution is 2.21. The Bertz CT molecular complexity index is 997. The maximum atomic E-state index is 13.5. The van der Waals surface area contributed by atoms with Crippen LogP contribution in [-0.2, 0) is 4.74 Å². The molecule has 4 rings (SSSR count). The summed E-state index contributed by atoms with van der Waals surface area (Å²) in [4.78, 5) is 31.1. The number of aromatic nitrogens is 1. The zero-order valence-corrected chi connectivity index (χ0v) is 18.3. The molecule has 0 saturated carbocycles. The molecule has 0 unspecified atom stereocenters. The van der Waals surface area contributed by atoms with Gasteiger partial charge in [0.15, 0.2) is 0 Å². The van der Waals surface area contributed by atoms with Crippen LogP contribution >= 0.6 is 0 Å². The lowest BCUT2D eigenvalue weighted by Gasteiger charge is -2.30. The van der Waals surface area contributed by atoms with E-state index in [0.29, 0.717) is 32.2 Å². The number of benzene rings is 1.